The zero-order chi connectivity index (χ0) is 12.5. The molecule has 98 valence electrons. The second kappa shape index (κ2) is 5.00. The van der Waals surface area contributed by atoms with Gasteiger partial charge in [-0.25, -0.2) is 4.98 Å². The van der Waals surface area contributed by atoms with Crippen LogP contribution in [0.3, 0.4) is 0 Å². The lowest BCUT2D eigenvalue weighted by Gasteiger charge is -2.44. The molecule has 2 unspecified atom stereocenters. The number of likely N-dealkylation sites (tertiary alicyclic amines) is 1. The molecule has 3 rings (SSSR count). The molecule has 2 atom stereocenters. The maximum absolute atomic E-state index is 12.6. The van der Waals surface area contributed by atoms with Crippen molar-refractivity contribution in [3.63, 3.8) is 0 Å². The van der Waals surface area contributed by atoms with E-state index in [1.165, 1.54) is 49.9 Å². The van der Waals surface area contributed by atoms with Crippen molar-refractivity contribution in [2.24, 2.45) is 5.92 Å². The van der Waals surface area contributed by atoms with E-state index in [0.29, 0.717) is 6.04 Å². The first kappa shape index (κ1) is 12.2. The van der Waals surface area contributed by atoms with Crippen LogP contribution in [0, 0.1) is 12.8 Å². The van der Waals surface area contributed by atoms with Gasteiger partial charge in [0.05, 0.1) is 11.2 Å². The summed E-state index contributed by atoms with van der Waals surface area (Å²) in [7, 11) is 0. The second-order valence-corrected chi connectivity index (χ2v) is 6.37. The lowest BCUT2D eigenvalue weighted by Crippen LogP contribution is -2.49. The van der Waals surface area contributed by atoms with Gasteiger partial charge in [-0.1, -0.05) is 12.8 Å². The summed E-state index contributed by atoms with van der Waals surface area (Å²) in [6.07, 6.45) is 7.64. The highest BCUT2D eigenvalue weighted by Crippen LogP contribution is 2.36. The Balaban J connectivity index is 1.82. The first-order valence-electron chi connectivity index (χ1n) is 6.98. The average molecular weight is 264 g/mol. The molecule has 1 saturated carbocycles. The average Bonchev–Trinajstić information content (AvgIpc) is 2.83. The molecule has 0 aromatic carbocycles. The lowest BCUT2D eigenvalue weighted by atomic mass is 9.78. The first-order chi connectivity index (χ1) is 8.77. The van der Waals surface area contributed by atoms with E-state index in [9.17, 15) is 4.79 Å². The predicted octanol–water partition coefficient (Wildman–Crippen LogP) is 3.25. The molecule has 3 nitrogen and oxygen atoms in total. The summed E-state index contributed by atoms with van der Waals surface area (Å²) in [6, 6.07) is 0.501. The molecule has 0 spiro atoms. The maximum Gasteiger partial charge on any atom is 0.266 e. The highest BCUT2D eigenvalue weighted by molar-refractivity contribution is 7.11. The van der Waals surface area contributed by atoms with E-state index in [0.717, 1.165) is 23.0 Å². The fourth-order valence-electron chi connectivity index (χ4n) is 3.51. The minimum atomic E-state index is 0.228. The van der Waals surface area contributed by atoms with Crippen molar-refractivity contribution < 1.29 is 4.79 Å². The Kier molecular flexibility index (Phi) is 3.37. The van der Waals surface area contributed by atoms with Crippen LogP contribution >= 0.6 is 11.3 Å². The maximum atomic E-state index is 12.6. The van der Waals surface area contributed by atoms with Crippen LogP contribution in [0.15, 0.2) is 5.51 Å². The van der Waals surface area contributed by atoms with Gasteiger partial charge in [0.1, 0.15) is 4.88 Å². The monoisotopic (exact) mass is 264 g/mol. The van der Waals surface area contributed by atoms with Crippen molar-refractivity contribution >= 4 is 17.2 Å². The van der Waals surface area contributed by atoms with Gasteiger partial charge < -0.3 is 4.90 Å². The summed E-state index contributed by atoms with van der Waals surface area (Å²) in [5.41, 5.74) is 2.67. The minimum Gasteiger partial charge on any atom is -0.335 e. The molecule has 1 saturated heterocycles. The number of thiazole rings is 1. The fourth-order valence-corrected chi connectivity index (χ4v) is 4.27. The van der Waals surface area contributed by atoms with E-state index >= 15 is 0 Å². The van der Waals surface area contributed by atoms with Crippen molar-refractivity contribution in [2.75, 3.05) is 6.54 Å². The van der Waals surface area contributed by atoms with Gasteiger partial charge in [-0.3, -0.25) is 4.79 Å². The van der Waals surface area contributed by atoms with Crippen molar-refractivity contribution in [1.29, 1.82) is 0 Å². The van der Waals surface area contributed by atoms with Crippen molar-refractivity contribution in [3.8, 4) is 0 Å². The normalized spacial score (nSPS) is 27.9. The largest absolute Gasteiger partial charge is 0.335 e. The molecule has 1 aliphatic carbocycles. The molecule has 1 amide bonds. The van der Waals surface area contributed by atoms with Crippen LogP contribution in [0.2, 0.25) is 0 Å². The number of aryl methyl sites for hydroxylation is 1. The van der Waals surface area contributed by atoms with E-state index < -0.39 is 0 Å². The van der Waals surface area contributed by atoms with Crippen LogP contribution in [-0.4, -0.2) is 28.4 Å². The van der Waals surface area contributed by atoms with E-state index in [1.54, 1.807) is 5.51 Å². The second-order valence-electron chi connectivity index (χ2n) is 5.52. The number of aromatic nitrogens is 1. The number of hydrogen-bond acceptors (Lipinski definition) is 3. The van der Waals surface area contributed by atoms with Crippen LogP contribution in [0.5, 0.6) is 0 Å². The highest BCUT2D eigenvalue weighted by Gasteiger charge is 2.36. The smallest absolute Gasteiger partial charge is 0.266 e. The Hall–Kier alpha value is -0.900. The van der Waals surface area contributed by atoms with Crippen molar-refractivity contribution in [2.45, 2.75) is 51.5 Å². The summed E-state index contributed by atoms with van der Waals surface area (Å²) in [6.45, 7) is 2.88. The molecule has 1 aromatic rings. The Labute approximate surface area is 112 Å². The Bertz CT molecular complexity index is 441. The lowest BCUT2D eigenvalue weighted by molar-refractivity contribution is 0.0394. The topological polar surface area (TPSA) is 33.2 Å². The Morgan fingerprint density at radius 1 is 1.33 bits per heavy atom. The number of carbonyl (C=O) groups is 1. The summed E-state index contributed by atoms with van der Waals surface area (Å²) in [5.74, 6) is 0.983. The van der Waals surface area contributed by atoms with Gasteiger partial charge in [-0.15, -0.1) is 11.3 Å². The fraction of sp³-hybridized carbons (Fsp3) is 0.714. The molecular weight excluding hydrogens is 244 g/mol. The third kappa shape index (κ3) is 2.07. The predicted molar refractivity (Wildman–Crippen MR) is 72.9 cm³/mol. The molecule has 2 heterocycles. The molecule has 1 aliphatic heterocycles. The molecule has 1 aromatic heterocycles. The van der Waals surface area contributed by atoms with E-state index in [2.05, 4.69) is 9.88 Å². The molecule has 2 fully saturated rings. The molecule has 4 heteroatoms. The molecular formula is C14H20N2OS. The van der Waals surface area contributed by atoms with E-state index in [1.807, 2.05) is 6.92 Å². The van der Waals surface area contributed by atoms with Crippen LogP contribution in [-0.2, 0) is 0 Å². The van der Waals surface area contributed by atoms with Crippen LogP contribution < -0.4 is 0 Å². The van der Waals surface area contributed by atoms with Gasteiger partial charge in [0.25, 0.3) is 5.91 Å². The highest BCUT2D eigenvalue weighted by atomic mass is 32.1. The van der Waals surface area contributed by atoms with Gasteiger partial charge in [0.2, 0.25) is 0 Å². The third-order valence-electron chi connectivity index (χ3n) is 4.44. The Morgan fingerprint density at radius 3 is 2.89 bits per heavy atom. The SMILES string of the molecule is Cc1ncsc1C(=O)N1CCCC2CCCCC21. The zero-order valence-corrected chi connectivity index (χ0v) is 11.7. The number of hydrogen-bond donors (Lipinski definition) is 0. The number of rotatable bonds is 1. The summed E-state index contributed by atoms with van der Waals surface area (Å²) < 4.78 is 0. The standard InChI is InChI=1S/C14H20N2OS/c1-10-13(18-9-15-10)14(17)16-8-4-6-11-5-2-3-7-12(11)16/h9,11-12H,2-8H2,1H3. The number of nitrogens with zero attached hydrogens (tertiary/aromatic N) is 2. The zero-order valence-electron chi connectivity index (χ0n) is 10.9. The first-order valence-corrected chi connectivity index (χ1v) is 7.86. The summed E-state index contributed by atoms with van der Waals surface area (Å²) in [4.78, 5) is 19.8. The summed E-state index contributed by atoms with van der Waals surface area (Å²) in [5, 5.41) is 0. The summed E-state index contributed by atoms with van der Waals surface area (Å²) >= 11 is 1.49. The minimum absolute atomic E-state index is 0.228. The Morgan fingerprint density at radius 2 is 2.11 bits per heavy atom. The molecule has 0 N–H and O–H groups in total. The molecule has 18 heavy (non-hydrogen) atoms. The molecule has 0 radical (unpaired) electrons. The molecule has 2 aliphatic rings. The van der Waals surface area contributed by atoms with Gasteiger partial charge in [0.15, 0.2) is 0 Å². The van der Waals surface area contributed by atoms with Gasteiger partial charge in [-0.05, 0) is 38.5 Å². The van der Waals surface area contributed by atoms with Crippen LogP contribution in [0.4, 0.5) is 0 Å². The van der Waals surface area contributed by atoms with Gasteiger partial charge >= 0.3 is 0 Å². The van der Waals surface area contributed by atoms with E-state index in [4.69, 9.17) is 0 Å². The van der Waals surface area contributed by atoms with Crippen molar-refractivity contribution in [3.05, 3.63) is 16.1 Å². The number of piperidine rings is 1. The van der Waals surface area contributed by atoms with Crippen LogP contribution in [0.25, 0.3) is 0 Å². The van der Waals surface area contributed by atoms with Gasteiger partial charge in [0, 0.05) is 12.6 Å². The van der Waals surface area contributed by atoms with Crippen LogP contribution in [0.1, 0.15) is 53.9 Å². The molecule has 0 bridgehead atoms. The quantitative estimate of drug-likeness (QED) is 0.780. The van der Waals surface area contributed by atoms with E-state index in [-0.39, 0.29) is 5.91 Å². The van der Waals surface area contributed by atoms with Crippen molar-refractivity contribution in [1.82, 2.24) is 9.88 Å². The number of fused-ring (bicyclic) bond motifs is 1. The third-order valence-corrected chi connectivity index (χ3v) is 5.36. The number of carbonyl (C=O) groups excluding carboxylic acids is 1. The number of amides is 1. The van der Waals surface area contributed by atoms with Gasteiger partial charge in [-0.2, -0.15) is 0 Å².